The number of fused-ring (bicyclic) bond motifs is 1. The van der Waals surface area contributed by atoms with Crippen LogP contribution in [-0.4, -0.2) is 44.0 Å². The van der Waals surface area contributed by atoms with Gasteiger partial charge in [-0.2, -0.15) is 0 Å². The molecule has 4 aromatic rings. The molecule has 2 aliphatic rings. The minimum absolute atomic E-state index is 0.0392. The van der Waals surface area contributed by atoms with Crippen molar-refractivity contribution in [3.05, 3.63) is 83.4 Å². The van der Waals surface area contributed by atoms with E-state index in [1.165, 1.54) is 51.6 Å². The van der Waals surface area contributed by atoms with Crippen LogP contribution in [0.4, 0.5) is 0 Å². The molecular weight excluding hydrogens is 514 g/mol. The molecule has 1 aromatic heterocycles. The van der Waals surface area contributed by atoms with Crippen LogP contribution in [0.25, 0.3) is 20.5 Å². The number of rotatable bonds is 8. The summed E-state index contributed by atoms with van der Waals surface area (Å²) in [5.74, 6) is 2.73. The third-order valence-corrected chi connectivity index (χ3v) is 9.27. The van der Waals surface area contributed by atoms with Gasteiger partial charge in [-0.15, -0.1) is 11.3 Å². The van der Waals surface area contributed by atoms with E-state index in [1.54, 1.807) is 18.4 Å². The van der Waals surface area contributed by atoms with Gasteiger partial charge in [0.15, 0.2) is 5.78 Å². The molecule has 2 fully saturated rings. The molecule has 0 atom stereocenters. The Morgan fingerprint density at radius 1 is 0.900 bits per heavy atom. The summed E-state index contributed by atoms with van der Waals surface area (Å²) in [6.07, 6.45) is 8.53. The van der Waals surface area contributed by atoms with Crippen LogP contribution in [0.3, 0.4) is 0 Å². The number of likely N-dealkylation sites (tertiary alicyclic amines) is 1. The maximum atomic E-state index is 13.7. The van der Waals surface area contributed by atoms with Crippen molar-refractivity contribution in [1.29, 1.82) is 0 Å². The van der Waals surface area contributed by atoms with Gasteiger partial charge in [-0.1, -0.05) is 62.4 Å². The topological polar surface area (TPSA) is 38.8 Å². The number of thiophene rings is 1. The van der Waals surface area contributed by atoms with Gasteiger partial charge < -0.3 is 9.47 Å². The average Bonchev–Trinajstić information content (AvgIpc) is 3.75. The second kappa shape index (κ2) is 13.5. The molecule has 1 aliphatic carbocycles. The van der Waals surface area contributed by atoms with Gasteiger partial charge in [0.05, 0.1) is 7.11 Å². The molecule has 1 saturated heterocycles. The molecular formula is C35H41NO3S. The first-order valence-electron chi connectivity index (χ1n) is 14.7. The number of ether oxygens (including phenoxy) is 2. The molecule has 40 heavy (non-hydrogen) atoms. The van der Waals surface area contributed by atoms with E-state index in [2.05, 4.69) is 24.0 Å². The fourth-order valence-electron chi connectivity index (χ4n) is 5.61. The highest BCUT2D eigenvalue weighted by molar-refractivity contribution is 7.22. The van der Waals surface area contributed by atoms with Crippen LogP contribution in [-0.2, 0) is 0 Å². The molecule has 0 spiro atoms. The summed E-state index contributed by atoms with van der Waals surface area (Å²) < 4.78 is 12.4. The minimum atomic E-state index is 0.0392. The number of aryl methyl sites for hydroxylation is 1. The van der Waals surface area contributed by atoms with Crippen molar-refractivity contribution in [2.24, 2.45) is 5.92 Å². The van der Waals surface area contributed by atoms with Crippen LogP contribution in [0.1, 0.15) is 66.9 Å². The molecule has 0 amide bonds. The van der Waals surface area contributed by atoms with Crippen LogP contribution in [0.5, 0.6) is 11.5 Å². The third kappa shape index (κ3) is 6.94. The fraction of sp³-hybridized carbons (Fsp3) is 0.400. The molecule has 1 aliphatic heterocycles. The molecule has 0 bridgehead atoms. The summed E-state index contributed by atoms with van der Waals surface area (Å²) in [5, 5.41) is 0.956. The van der Waals surface area contributed by atoms with E-state index in [4.69, 9.17) is 9.47 Å². The van der Waals surface area contributed by atoms with Crippen molar-refractivity contribution >= 4 is 27.2 Å². The van der Waals surface area contributed by atoms with E-state index < -0.39 is 0 Å². The number of carbonyl (C=O) groups excluding carboxylic acids is 1. The third-order valence-electron chi connectivity index (χ3n) is 8.07. The van der Waals surface area contributed by atoms with E-state index >= 15 is 0 Å². The molecule has 1 saturated carbocycles. The standard InChI is InChI=1S/C29H29NO3S.C6H12/c1-20-5-7-21(8-6-20)28(31)27-25-14-13-24(32-2)19-26(25)34-29(27)22-9-11-23(12-10-22)33-18-17-30-15-3-4-16-30;1-6-4-2-3-5-6/h5-14,19H,3-4,15-18H2,1-2H3;6H,2-5H2,1H3. The summed E-state index contributed by atoms with van der Waals surface area (Å²) in [7, 11) is 1.66. The van der Waals surface area contributed by atoms with E-state index in [1.807, 2.05) is 61.5 Å². The Morgan fingerprint density at radius 3 is 2.20 bits per heavy atom. The molecule has 3 aromatic carbocycles. The molecule has 0 radical (unpaired) electrons. The predicted molar refractivity (Wildman–Crippen MR) is 167 cm³/mol. The summed E-state index contributed by atoms with van der Waals surface area (Å²) >= 11 is 1.62. The van der Waals surface area contributed by atoms with Gasteiger partial charge in [0.25, 0.3) is 0 Å². The average molecular weight is 556 g/mol. The summed E-state index contributed by atoms with van der Waals surface area (Å²) in [6, 6.07) is 21.8. The molecule has 4 nitrogen and oxygen atoms in total. The zero-order chi connectivity index (χ0) is 27.9. The number of methoxy groups -OCH3 is 1. The van der Waals surface area contributed by atoms with E-state index in [0.29, 0.717) is 12.2 Å². The Hall–Kier alpha value is -3.15. The molecule has 210 valence electrons. The number of ketones is 1. The largest absolute Gasteiger partial charge is 0.497 e. The van der Waals surface area contributed by atoms with Crippen LogP contribution in [0.15, 0.2) is 66.7 Å². The first-order valence-corrected chi connectivity index (χ1v) is 15.5. The maximum Gasteiger partial charge on any atom is 0.195 e. The van der Waals surface area contributed by atoms with E-state index in [9.17, 15) is 4.79 Å². The molecule has 5 heteroatoms. The van der Waals surface area contributed by atoms with Gasteiger partial charge in [-0.3, -0.25) is 9.69 Å². The Morgan fingerprint density at radius 2 is 1.57 bits per heavy atom. The van der Waals surface area contributed by atoms with E-state index in [-0.39, 0.29) is 5.78 Å². The van der Waals surface area contributed by atoms with Crippen molar-refractivity contribution < 1.29 is 14.3 Å². The lowest BCUT2D eigenvalue weighted by atomic mass is 9.97. The van der Waals surface area contributed by atoms with Crippen molar-refractivity contribution in [2.75, 3.05) is 33.4 Å². The number of hydrogen-bond acceptors (Lipinski definition) is 5. The van der Waals surface area contributed by atoms with Gasteiger partial charge in [0, 0.05) is 32.6 Å². The number of carbonyl (C=O) groups is 1. The SMILES string of the molecule is CC1CCCC1.COc1ccc2c(C(=O)c3ccc(C)cc3)c(-c3ccc(OCCN4CCCC4)cc3)sc2c1. The highest BCUT2D eigenvalue weighted by Gasteiger charge is 2.22. The monoisotopic (exact) mass is 555 g/mol. The Kier molecular flexibility index (Phi) is 9.56. The van der Waals surface area contributed by atoms with E-state index in [0.717, 1.165) is 55.6 Å². The zero-order valence-electron chi connectivity index (χ0n) is 24.1. The fourth-order valence-corrected chi connectivity index (χ4v) is 6.85. The van der Waals surface area contributed by atoms with Gasteiger partial charge in [-0.25, -0.2) is 0 Å². The van der Waals surface area contributed by atoms with Crippen LogP contribution in [0.2, 0.25) is 0 Å². The quantitative estimate of drug-likeness (QED) is 0.204. The highest BCUT2D eigenvalue weighted by atomic mass is 32.1. The smallest absolute Gasteiger partial charge is 0.195 e. The molecule has 2 heterocycles. The Balaban J connectivity index is 0.000000477. The minimum Gasteiger partial charge on any atom is -0.497 e. The lowest BCUT2D eigenvalue weighted by Gasteiger charge is -2.15. The van der Waals surface area contributed by atoms with Crippen LogP contribution < -0.4 is 9.47 Å². The maximum absolute atomic E-state index is 13.7. The second-order valence-corrected chi connectivity index (χ2v) is 12.2. The van der Waals surface area contributed by atoms with Gasteiger partial charge in [0.2, 0.25) is 0 Å². The number of benzene rings is 3. The molecule has 6 rings (SSSR count). The molecule has 0 unspecified atom stereocenters. The van der Waals surface area contributed by atoms with Crippen molar-refractivity contribution in [3.63, 3.8) is 0 Å². The first-order chi connectivity index (χ1) is 19.5. The number of hydrogen-bond donors (Lipinski definition) is 0. The van der Waals surface area contributed by atoms with Crippen molar-refractivity contribution in [3.8, 4) is 21.9 Å². The Labute approximate surface area is 242 Å². The summed E-state index contributed by atoms with van der Waals surface area (Å²) in [5.41, 5.74) is 3.60. The lowest BCUT2D eigenvalue weighted by molar-refractivity contribution is 0.104. The van der Waals surface area contributed by atoms with Crippen molar-refractivity contribution in [1.82, 2.24) is 4.90 Å². The van der Waals surface area contributed by atoms with Crippen LogP contribution >= 0.6 is 11.3 Å². The van der Waals surface area contributed by atoms with Gasteiger partial charge in [0.1, 0.15) is 18.1 Å². The summed E-state index contributed by atoms with van der Waals surface area (Å²) in [4.78, 5) is 17.1. The number of nitrogens with zero attached hydrogens (tertiary/aromatic N) is 1. The lowest BCUT2D eigenvalue weighted by Crippen LogP contribution is -2.25. The normalized spacial score (nSPS) is 15.7. The first kappa shape index (κ1) is 28.4. The zero-order valence-corrected chi connectivity index (χ0v) is 24.9. The van der Waals surface area contributed by atoms with Gasteiger partial charge in [-0.05, 0) is 86.8 Å². The van der Waals surface area contributed by atoms with Crippen LogP contribution in [0, 0.1) is 12.8 Å². The predicted octanol–water partition coefficient (Wildman–Crippen LogP) is 8.79. The second-order valence-electron chi connectivity index (χ2n) is 11.2. The highest BCUT2D eigenvalue weighted by Crippen LogP contribution is 2.41. The Bertz CT molecular complexity index is 1400. The van der Waals surface area contributed by atoms with Crippen molar-refractivity contribution in [2.45, 2.75) is 52.4 Å². The van der Waals surface area contributed by atoms with Gasteiger partial charge >= 0.3 is 0 Å². The summed E-state index contributed by atoms with van der Waals surface area (Å²) in [6.45, 7) is 8.38. The molecule has 0 N–H and O–H groups in total.